The smallest absolute Gasteiger partial charge is 0.211 e. The van der Waals surface area contributed by atoms with Gasteiger partial charge in [0.1, 0.15) is 0 Å². The molecule has 0 atom stereocenters. The molecule has 0 aliphatic rings. The number of carbonyl (C=O) groups is 1. The van der Waals surface area contributed by atoms with Crippen LogP contribution in [0, 0.1) is 0 Å². The molecule has 0 unspecified atom stereocenters. The van der Waals surface area contributed by atoms with Crippen LogP contribution in [-0.2, 0) is 22.4 Å². The number of hydrogen-bond acceptors (Lipinski definition) is 2. The van der Waals surface area contributed by atoms with E-state index < -0.39 is 0 Å². The fourth-order valence-corrected chi connectivity index (χ4v) is 2.34. The molecule has 0 saturated carbocycles. The summed E-state index contributed by atoms with van der Waals surface area (Å²) in [4.78, 5) is 10.3. The number of aryl methyl sites for hydroxylation is 2. The summed E-state index contributed by atoms with van der Waals surface area (Å²) in [6, 6.07) is 18.4. The van der Waals surface area contributed by atoms with Crippen molar-refractivity contribution in [1.82, 2.24) is 0 Å². The molecule has 0 fully saturated rings. The molecule has 0 radical (unpaired) electrons. The third kappa shape index (κ3) is 6.10. The first-order valence-corrected chi connectivity index (χ1v) is 7.79. The van der Waals surface area contributed by atoms with Crippen LogP contribution in [0.2, 0.25) is 0 Å². The van der Waals surface area contributed by atoms with Gasteiger partial charge in [-0.1, -0.05) is 42.5 Å². The number of amides is 1. The summed E-state index contributed by atoms with van der Waals surface area (Å²) in [5.74, 6) is 0. The Bertz CT molecular complexity index is 537. The van der Waals surface area contributed by atoms with E-state index >= 15 is 0 Å². The van der Waals surface area contributed by atoms with Gasteiger partial charge >= 0.3 is 0 Å². The summed E-state index contributed by atoms with van der Waals surface area (Å²) in [5, 5.41) is 2.63. The van der Waals surface area contributed by atoms with Gasteiger partial charge in [0, 0.05) is 18.9 Å². The van der Waals surface area contributed by atoms with E-state index in [4.69, 9.17) is 4.74 Å². The van der Waals surface area contributed by atoms with Gasteiger partial charge in [0.05, 0.1) is 0 Å². The lowest BCUT2D eigenvalue weighted by Crippen LogP contribution is -2.00. The minimum absolute atomic E-state index is 0.693. The van der Waals surface area contributed by atoms with Crippen molar-refractivity contribution in [2.75, 3.05) is 18.5 Å². The second kappa shape index (κ2) is 9.74. The SMILES string of the molecule is O=CNc1ccc(CCCOCCCc2ccccc2)cc1. The Morgan fingerprint density at radius 1 is 0.818 bits per heavy atom. The van der Waals surface area contributed by atoms with Crippen molar-refractivity contribution >= 4 is 12.1 Å². The Morgan fingerprint density at radius 2 is 1.41 bits per heavy atom. The molecule has 2 rings (SSSR count). The second-order valence-corrected chi connectivity index (χ2v) is 5.26. The number of ether oxygens (including phenoxy) is 1. The highest BCUT2D eigenvalue weighted by Crippen LogP contribution is 2.10. The molecule has 0 bridgehead atoms. The molecule has 0 spiro atoms. The van der Waals surface area contributed by atoms with E-state index in [0.717, 1.165) is 44.6 Å². The van der Waals surface area contributed by atoms with Crippen molar-refractivity contribution in [1.29, 1.82) is 0 Å². The molecule has 0 aliphatic heterocycles. The maximum atomic E-state index is 10.3. The summed E-state index contributed by atoms with van der Waals surface area (Å²) in [5.41, 5.74) is 3.47. The second-order valence-electron chi connectivity index (χ2n) is 5.26. The van der Waals surface area contributed by atoms with E-state index in [1.165, 1.54) is 11.1 Å². The Hall–Kier alpha value is -2.13. The quantitative estimate of drug-likeness (QED) is 0.534. The number of carbonyl (C=O) groups excluding carboxylic acids is 1. The molecule has 3 nitrogen and oxygen atoms in total. The number of rotatable bonds is 10. The van der Waals surface area contributed by atoms with Crippen LogP contribution in [0.1, 0.15) is 24.0 Å². The first kappa shape index (κ1) is 16.2. The highest BCUT2D eigenvalue weighted by Gasteiger charge is 1.96. The molecule has 2 aromatic rings. The molecule has 1 amide bonds. The Labute approximate surface area is 132 Å². The predicted octanol–water partition coefficient (Wildman–Crippen LogP) is 3.84. The summed E-state index contributed by atoms with van der Waals surface area (Å²) in [6.45, 7) is 1.61. The first-order valence-electron chi connectivity index (χ1n) is 7.79. The number of hydrogen-bond donors (Lipinski definition) is 1. The maximum absolute atomic E-state index is 10.3. The van der Waals surface area contributed by atoms with Gasteiger partial charge in [-0.25, -0.2) is 0 Å². The van der Waals surface area contributed by atoms with Crippen LogP contribution >= 0.6 is 0 Å². The molecule has 0 saturated heterocycles. The zero-order valence-electron chi connectivity index (χ0n) is 12.8. The van der Waals surface area contributed by atoms with E-state index in [-0.39, 0.29) is 0 Å². The number of benzene rings is 2. The van der Waals surface area contributed by atoms with Gasteiger partial charge in [0.2, 0.25) is 6.41 Å². The van der Waals surface area contributed by atoms with Crippen LogP contribution < -0.4 is 5.32 Å². The average Bonchev–Trinajstić information content (AvgIpc) is 2.57. The molecular formula is C19H23NO2. The van der Waals surface area contributed by atoms with Crippen molar-refractivity contribution in [3.8, 4) is 0 Å². The van der Waals surface area contributed by atoms with E-state index in [2.05, 4.69) is 29.6 Å². The van der Waals surface area contributed by atoms with Crippen LogP contribution in [0.15, 0.2) is 54.6 Å². The fourth-order valence-electron chi connectivity index (χ4n) is 2.34. The van der Waals surface area contributed by atoms with Crippen molar-refractivity contribution in [2.45, 2.75) is 25.7 Å². The third-order valence-corrected chi connectivity index (χ3v) is 3.53. The van der Waals surface area contributed by atoms with Gasteiger partial charge in [-0.05, 0) is 48.9 Å². The van der Waals surface area contributed by atoms with E-state index in [9.17, 15) is 4.79 Å². The van der Waals surface area contributed by atoms with Gasteiger partial charge in [-0.15, -0.1) is 0 Å². The fraction of sp³-hybridized carbons (Fsp3) is 0.316. The van der Waals surface area contributed by atoms with Crippen molar-refractivity contribution < 1.29 is 9.53 Å². The van der Waals surface area contributed by atoms with Crippen LogP contribution in [0.3, 0.4) is 0 Å². The number of anilines is 1. The lowest BCUT2D eigenvalue weighted by Gasteiger charge is -2.06. The molecule has 3 heteroatoms. The van der Waals surface area contributed by atoms with Gasteiger partial charge in [-0.3, -0.25) is 4.79 Å². The van der Waals surface area contributed by atoms with Crippen molar-refractivity contribution in [2.24, 2.45) is 0 Å². The highest BCUT2D eigenvalue weighted by atomic mass is 16.5. The Kier molecular flexibility index (Phi) is 7.19. The van der Waals surface area contributed by atoms with E-state index in [0.29, 0.717) is 6.41 Å². The monoisotopic (exact) mass is 297 g/mol. The van der Waals surface area contributed by atoms with Crippen LogP contribution in [0.4, 0.5) is 5.69 Å². The van der Waals surface area contributed by atoms with Gasteiger partial charge in [0.15, 0.2) is 0 Å². The summed E-state index contributed by atoms with van der Waals surface area (Å²) in [6.07, 6.45) is 4.85. The first-order chi connectivity index (χ1) is 10.9. The Balaban J connectivity index is 1.53. The van der Waals surface area contributed by atoms with Crippen molar-refractivity contribution in [3.05, 3.63) is 65.7 Å². The van der Waals surface area contributed by atoms with Gasteiger partial charge < -0.3 is 10.1 Å². The van der Waals surface area contributed by atoms with Gasteiger partial charge in [-0.2, -0.15) is 0 Å². The zero-order valence-corrected chi connectivity index (χ0v) is 12.8. The number of nitrogens with one attached hydrogen (secondary N) is 1. The largest absolute Gasteiger partial charge is 0.381 e. The standard InChI is InChI=1S/C19H23NO2/c21-16-20-19-12-10-18(11-13-19)9-5-15-22-14-4-8-17-6-2-1-3-7-17/h1-3,6-7,10-13,16H,4-5,8-9,14-15H2,(H,20,21). The van der Waals surface area contributed by atoms with Crippen molar-refractivity contribution in [3.63, 3.8) is 0 Å². The zero-order chi connectivity index (χ0) is 15.5. The van der Waals surface area contributed by atoms with Crippen LogP contribution in [-0.4, -0.2) is 19.6 Å². The molecule has 1 N–H and O–H groups in total. The summed E-state index contributed by atoms with van der Waals surface area (Å²) < 4.78 is 5.68. The lowest BCUT2D eigenvalue weighted by atomic mass is 10.1. The predicted molar refractivity (Wildman–Crippen MR) is 90.0 cm³/mol. The highest BCUT2D eigenvalue weighted by molar-refractivity contribution is 5.70. The van der Waals surface area contributed by atoms with Crippen LogP contribution in [0.25, 0.3) is 0 Å². The summed E-state index contributed by atoms with van der Waals surface area (Å²) in [7, 11) is 0. The summed E-state index contributed by atoms with van der Waals surface area (Å²) >= 11 is 0. The molecule has 116 valence electrons. The van der Waals surface area contributed by atoms with E-state index in [1.807, 2.05) is 30.3 Å². The Morgan fingerprint density at radius 3 is 2.00 bits per heavy atom. The molecule has 0 heterocycles. The molecular weight excluding hydrogens is 274 g/mol. The molecule has 22 heavy (non-hydrogen) atoms. The molecule has 0 aliphatic carbocycles. The topological polar surface area (TPSA) is 38.3 Å². The van der Waals surface area contributed by atoms with E-state index in [1.54, 1.807) is 0 Å². The maximum Gasteiger partial charge on any atom is 0.211 e. The van der Waals surface area contributed by atoms with Crippen LogP contribution in [0.5, 0.6) is 0 Å². The lowest BCUT2D eigenvalue weighted by molar-refractivity contribution is -0.105. The average molecular weight is 297 g/mol. The minimum atomic E-state index is 0.693. The van der Waals surface area contributed by atoms with Gasteiger partial charge in [0.25, 0.3) is 0 Å². The molecule has 0 aromatic heterocycles. The normalized spacial score (nSPS) is 10.4. The minimum Gasteiger partial charge on any atom is -0.381 e. The molecule has 2 aromatic carbocycles. The third-order valence-electron chi connectivity index (χ3n) is 3.53.